The van der Waals surface area contributed by atoms with Gasteiger partial charge in [-0.15, -0.1) is 0 Å². The third-order valence-corrected chi connectivity index (χ3v) is 5.68. The maximum absolute atomic E-state index is 5.91. The fraction of sp³-hybridized carbons (Fsp3) is 0.455. The van der Waals surface area contributed by atoms with Gasteiger partial charge in [-0.1, -0.05) is 11.6 Å². The summed E-state index contributed by atoms with van der Waals surface area (Å²) in [6, 6.07) is 11.6. The molecule has 0 aliphatic carbocycles. The molecular formula is C22H31ClN2O4+2. The van der Waals surface area contributed by atoms with Crippen LogP contribution in [0.25, 0.3) is 0 Å². The van der Waals surface area contributed by atoms with Crippen molar-refractivity contribution in [1.82, 2.24) is 0 Å². The zero-order valence-electron chi connectivity index (χ0n) is 17.4. The predicted molar refractivity (Wildman–Crippen MR) is 113 cm³/mol. The Morgan fingerprint density at radius 2 is 1.45 bits per heavy atom. The van der Waals surface area contributed by atoms with E-state index in [9.17, 15) is 0 Å². The summed E-state index contributed by atoms with van der Waals surface area (Å²) in [6.45, 7) is 7.15. The molecular weight excluding hydrogens is 392 g/mol. The normalized spacial score (nSPS) is 18.9. The first kappa shape index (κ1) is 21.6. The molecule has 3 rings (SSSR count). The van der Waals surface area contributed by atoms with Crippen LogP contribution in [0.5, 0.6) is 23.0 Å². The quantitative estimate of drug-likeness (QED) is 0.625. The molecule has 0 unspecified atom stereocenters. The molecule has 0 radical (unpaired) electrons. The number of piperazine rings is 1. The van der Waals surface area contributed by atoms with Crippen molar-refractivity contribution in [1.29, 1.82) is 0 Å². The van der Waals surface area contributed by atoms with E-state index in [1.807, 2.05) is 30.3 Å². The van der Waals surface area contributed by atoms with Gasteiger partial charge in [0.15, 0.2) is 11.5 Å². The molecule has 0 aromatic heterocycles. The van der Waals surface area contributed by atoms with Crippen LogP contribution in [0, 0.1) is 0 Å². The van der Waals surface area contributed by atoms with Crippen molar-refractivity contribution in [3.8, 4) is 23.0 Å². The minimum Gasteiger partial charge on any atom is -0.493 e. The van der Waals surface area contributed by atoms with Gasteiger partial charge in [0.25, 0.3) is 0 Å². The Hall–Kier alpha value is -2.15. The number of benzene rings is 2. The Morgan fingerprint density at radius 3 is 2.07 bits per heavy atom. The molecule has 2 aromatic carbocycles. The van der Waals surface area contributed by atoms with Crippen molar-refractivity contribution in [2.75, 3.05) is 60.7 Å². The fourth-order valence-corrected chi connectivity index (χ4v) is 3.93. The Morgan fingerprint density at radius 1 is 0.793 bits per heavy atom. The highest BCUT2D eigenvalue weighted by Crippen LogP contribution is 2.39. The van der Waals surface area contributed by atoms with Gasteiger partial charge in [-0.25, -0.2) is 0 Å². The van der Waals surface area contributed by atoms with Crippen LogP contribution in [0.15, 0.2) is 36.4 Å². The van der Waals surface area contributed by atoms with Crippen molar-refractivity contribution >= 4 is 11.6 Å². The molecule has 158 valence electrons. The molecule has 6 nitrogen and oxygen atoms in total. The second kappa shape index (κ2) is 10.6. The molecule has 0 bridgehead atoms. The lowest BCUT2D eigenvalue weighted by Crippen LogP contribution is -3.27. The van der Waals surface area contributed by atoms with Gasteiger partial charge < -0.3 is 28.7 Å². The molecule has 29 heavy (non-hydrogen) atoms. The van der Waals surface area contributed by atoms with Crippen LogP contribution in [0.3, 0.4) is 0 Å². The second-order valence-electron chi connectivity index (χ2n) is 7.22. The van der Waals surface area contributed by atoms with Crippen molar-refractivity contribution in [2.45, 2.75) is 6.54 Å². The number of nitrogens with one attached hydrogen (secondary N) is 2. The molecule has 2 N–H and O–H groups in total. The summed E-state index contributed by atoms with van der Waals surface area (Å²) in [5.74, 6) is 3.00. The lowest BCUT2D eigenvalue weighted by atomic mass is 10.1. The summed E-state index contributed by atoms with van der Waals surface area (Å²) < 4.78 is 22.3. The van der Waals surface area contributed by atoms with E-state index in [1.165, 1.54) is 0 Å². The summed E-state index contributed by atoms with van der Waals surface area (Å²) in [6.07, 6.45) is 0. The average molecular weight is 423 g/mol. The van der Waals surface area contributed by atoms with Crippen molar-refractivity contribution in [2.24, 2.45) is 0 Å². The van der Waals surface area contributed by atoms with Crippen LogP contribution >= 0.6 is 11.6 Å². The van der Waals surface area contributed by atoms with Gasteiger partial charge in [0.2, 0.25) is 5.75 Å². The van der Waals surface area contributed by atoms with E-state index in [-0.39, 0.29) is 0 Å². The van der Waals surface area contributed by atoms with Crippen LogP contribution < -0.4 is 28.7 Å². The topological polar surface area (TPSA) is 45.8 Å². The molecule has 1 aliphatic heterocycles. The predicted octanol–water partition coefficient (Wildman–Crippen LogP) is 0.728. The highest BCUT2D eigenvalue weighted by atomic mass is 35.5. The largest absolute Gasteiger partial charge is 0.493 e. The highest BCUT2D eigenvalue weighted by Gasteiger charge is 2.25. The standard InChI is InChI=1S/C22H29ClN2O4/c1-26-20-9-4-17(21(27-2)22(20)28-3)16-25-12-10-24(11-13-25)14-15-29-19-7-5-18(23)6-8-19/h4-9H,10-16H2,1-3H3/p+2. The van der Waals surface area contributed by atoms with E-state index < -0.39 is 0 Å². The van der Waals surface area contributed by atoms with Crippen molar-refractivity contribution in [3.05, 3.63) is 47.0 Å². The molecule has 0 atom stereocenters. The van der Waals surface area contributed by atoms with Crippen LogP contribution in [0.1, 0.15) is 5.56 Å². The molecule has 7 heteroatoms. The van der Waals surface area contributed by atoms with E-state index in [0.29, 0.717) is 11.5 Å². The molecule has 0 amide bonds. The zero-order valence-corrected chi connectivity index (χ0v) is 18.2. The van der Waals surface area contributed by atoms with Crippen LogP contribution in [-0.4, -0.2) is 60.7 Å². The van der Waals surface area contributed by atoms with E-state index in [2.05, 4.69) is 6.07 Å². The van der Waals surface area contributed by atoms with Crippen molar-refractivity contribution in [3.63, 3.8) is 0 Å². The molecule has 0 saturated carbocycles. The van der Waals surface area contributed by atoms with Gasteiger partial charge in [0.05, 0.1) is 26.9 Å². The van der Waals surface area contributed by atoms with Gasteiger partial charge in [-0.3, -0.25) is 0 Å². The van der Waals surface area contributed by atoms with Crippen LogP contribution in [0.2, 0.25) is 5.02 Å². The lowest BCUT2D eigenvalue weighted by Gasteiger charge is -2.30. The lowest BCUT2D eigenvalue weighted by molar-refractivity contribution is -1.02. The Kier molecular flexibility index (Phi) is 7.86. The zero-order chi connectivity index (χ0) is 20.6. The molecule has 1 saturated heterocycles. The van der Waals surface area contributed by atoms with E-state index in [1.54, 1.807) is 31.1 Å². The van der Waals surface area contributed by atoms with Crippen LogP contribution in [0.4, 0.5) is 0 Å². The fourth-order valence-electron chi connectivity index (χ4n) is 3.80. The molecule has 2 aromatic rings. The number of hydrogen-bond acceptors (Lipinski definition) is 4. The third kappa shape index (κ3) is 5.69. The van der Waals surface area contributed by atoms with Gasteiger partial charge in [-0.2, -0.15) is 0 Å². The monoisotopic (exact) mass is 422 g/mol. The minimum absolute atomic E-state index is 0.663. The van der Waals surface area contributed by atoms with Crippen molar-refractivity contribution < 1.29 is 28.7 Å². The first-order valence-corrected chi connectivity index (χ1v) is 10.4. The Bertz CT molecular complexity index is 777. The second-order valence-corrected chi connectivity index (χ2v) is 7.66. The number of rotatable bonds is 9. The van der Waals surface area contributed by atoms with Gasteiger partial charge in [-0.05, 0) is 36.4 Å². The molecule has 1 fully saturated rings. The van der Waals surface area contributed by atoms with E-state index in [0.717, 1.165) is 68.0 Å². The van der Waals surface area contributed by atoms with Crippen LogP contribution in [-0.2, 0) is 6.54 Å². The summed E-state index contributed by atoms with van der Waals surface area (Å²) in [4.78, 5) is 3.14. The number of hydrogen-bond donors (Lipinski definition) is 2. The molecule has 1 aliphatic rings. The summed E-state index contributed by atoms with van der Waals surface area (Å²) in [5.41, 5.74) is 1.15. The highest BCUT2D eigenvalue weighted by molar-refractivity contribution is 6.30. The summed E-state index contributed by atoms with van der Waals surface area (Å²) in [7, 11) is 4.96. The summed E-state index contributed by atoms with van der Waals surface area (Å²) >= 11 is 5.91. The SMILES string of the molecule is COc1ccc(C[NH+]2CC[NH+](CCOc3ccc(Cl)cc3)CC2)c(OC)c1OC. The number of quaternary nitrogens is 2. The smallest absolute Gasteiger partial charge is 0.203 e. The maximum Gasteiger partial charge on any atom is 0.203 e. The third-order valence-electron chi connectivity index (χ3n) is 5.43. The summed E-state index contributed by atoms with van der Waals surface area (Å²) in [5, 5.41) is 0.730. The first-order chi connectivity index (χ1) is 14.1. The van der Waals surface area contributed by atoms with Gasteiger partial charge >= 0.3 is 0 Å². The van der Waals surface area contributed by atoms with E-state index >= 15 is 0 Å². The molecule has 0 spiro atoms. The van der Waals surface area contributed by atoms with Gasteiger partial charge in [0, 0.05) is 5.02 Å². The maximum atomic E-state index is 5.91. The average Bonchev–Trinajstić information content (AvgIpc) is 2.75. The Labute approximate surface area is 177 Å². The number of ether oxygens (including phenoxy) is 4. The number of halogens is 1. The Balaban J connectivity index is 1.48. The minimum atomic E-state index is 0.663. The number of methoxy groups -OCH3 is 3. The molecule has 1 heterocycles. The first-order valence-electron chi connectivity index (χ1n) is 9.98. The van der Waals surface area contributed by atoms with Gasteiger partial charge in [0.1, 0.15) is 51.6 Å². The van der Waals surface area contributed by atoms with E-state index in [4.69, 9.17) is 30.5 Å².